The molecule has 0 atom stereocenters. The standard InChI is InChI=1S/C17H25ClN4O2/c1-2-21-8-10-22(11-9-21)16(23)6-7-19-17(24)20-13-14-4-3-5-15(18)12-14/h3-5,12H,2,6-11,13H2,1H3,(H2,19,20,24). The number of hydrogen-bond acceptors (Lipinski definition) is 3. The molecule has 3 amide bonds. The summed E-state index contributed by atoms with van der Waals surface area (Å²) in [6, 6.07) is 7.05. The molecule has 0 spiro atoms. The Morgan fingerprint density at radius 1 is 1.17 bits per heavy atom. The number of urea groups is 1. The fraction of sp³-hybridized carbons (Fsp3) is 0.529. The molecule has 7 heteroatoms. The van der Waals surface area contributed by atoms with Crippen LogP contribution in [0.1, 0.15) is 18.9 Å². The van der Waals surface area contributed by atoms with Gasteiger partial charge >= 0.3 is 6.03 Å². The van der Waals surface area contributed by atoms with Crippen molar-refractivity contribution in [2.45, 2.75) is 19.9 Å². The fourth-order valence-electron chi connectivity index (χ4n) is 2.65. The molecule has 1 aromatic carbocycles. The van der Waals surface area contributed by atoms with Crippen LogP contribution in [0.3, 0.4) is 0 Å². The highest BCUT2D eigenvalue weighted by Gasteiger charge is 2.19. The summed E-state index contributed by atoms with van der Waals surface area (Å²) in [6.07, 6.45) is 0.330. The van der Waals surface area contributed by atoms with Crippen molar-refractivity contribution in [1.29, 1.82) is 0 Å². The summed E-state index contributed by atoms with van der Waals surface area (Å²) < 4.78 is 0. The van der Waals surface area contributed by atoms with Crippen molar-refractivity contribution in [3.05, 3.63) is 34.9 Å². The molecule has 6 nitrogen and oxygen atoms in total. The summed E-state index contributed by atoms with van der Waals surface area (Å²) in [6.45, 7) is 7.29. The van der Waals surface area contributed by atoms with E-state index in [9.17, 15) is 9.59 Å². The highest BCUT2D eigenvalue weighted by atomic mass is 35.5. The van der Waals surface area contributed by atoms with Crippen molar-refractivity contribution in [1.82, 2.24) is 20.4 Å². The van der Waals surface area contributed by atoms with Crippen LogP contribution >= 0.6 is 11.6 Å². The van der Waals surface area contributed by atoms with Crippen molar-refractivity contribution in [2.75, 3.05) is 39.3 Å². The minimum Gasteiger partial charge on any atom is -0.340 e. The number of piperazine rings is 1. The Morgan fingerprint density at radius 3 is 2.58 bits per heavy atom. The molecule has 0 aromatic heterocycles. The van der Waals surface area contributed by atoms with Gasteiger partial charge in [-0.25, -0.2) is 4.79 Å². The van der Waals surface area contributed by atoms with Gasteiger partial charge in [0.05, 0.1) is 0 Å². The number of amides is 3. The zero-order valence-electron chi connectivity index (χ0n) is 14.1. The summed E-state index contributed by atoms with van der Waals surface area (Å²) >= 11 is 5.90. The van der Waals surface area contributed by atoms with Crippen LogP contribution in [-0.2, 0) is 11.3 Å². The lowest BCUT2D eigenvalue weighted by molar-refractivity contribution is -0.132. The molecule has 24 heavy (non-hydrogen) atoms. The summed E-state index contributed by atoms with van der Waals surface area (Å²) in [5, 5.41) is 6.11. The maximum Gasteiger partial charge on any atom is 0.315 e. The van der Waals surface area contributed by atoms with E-state index >= 15 is 0 Å². The smallest absolute Gasteiger partial charge is 0.315 e. The van der Waals surface area contributed by atoms with Crippen LogP contribution in [0, 0.1) is 0 Å². The van der Waals surface area contributed by atoms with Crippen LogP contribution in [0.2, 0.25) is 5.02 Å². The van der Waals surface area contributed by atoms with Gasteiger partial charge in [-0.2, -0.15) is 0 Å². The molecule has 0 bridgehead atoms. The third-order valence-electron chi connectivity index (χ3n) is 4.14. The van der Waals surface area contributed by atoms with Crippen molar-refractivity contribution in [2.24, 2.45) is 0 Å². The third-order valence-corrected chi connectivity index (χ3v) is 4.37. The quantitative estimate of drug-likeness (QED) is 0.819. The maximum absolute atomic E-state index is 12.1. The number of carbonyl (C=O) groups is 2. The molecule has 132 valence electrons. The molecular weight excluding hydrogens is 328 g/mol. The van der Waals surface area contributed by atoms with Gasteiger partial charge in [0.2, 0.25) is 5.91 Å². The SMILES string of the molecule is CCN1CCN(C(=O)CCNC(=O)NCc2cccc(Cl)c2)CC1. The molecule has 1 aliphatic rings. The Labute approximate surface area is 148 Å². The second kappa shape index (κ2) is 9.49. The third kappa shape index (κ3) is 6.02. The van der Waals surface area contributed by atoms with E-state index in [1.165, 1.54) is 0 Å². The van der Waals surface area contributed by atoms with Gasteiger partial charge in [0.25, 0.3) is 0 Å². The van der Waals surface area contributed by atoms with Gasteiger partial charge in [0.1, 0.15) is 0 Å². The zero-order chi connectivity index (χ0) is 17.4. The predicted molar refractivity (Wildman–Crippen MR) is 95.0 cm³/mol. The van der Waals surface area contributed by atoms with Crippen LogP contribution in [0.15, 0.2) is 24.3 Å². The van der Waals surface area contributed by atoms with Crippen molar-refractivity contribution in [3.8, 4) is 0 Å². The number of nitrogens with zero attached hydrogens (tertiary/aromatic N) is 2. The van der Waals surface area contributed by atoms with E-state index in [-0.39, 0.29) is 11.9 Å². The van der Waals surface area contributed by atoms with Gasteiger partial charge in [0, 0.05) is 50.7 Å². The summed E-state index contributed by atoms with van der Waals surface area (Å²) in [7, 11) is 0. The van der Waals surface area contributed by atoms with Gasteiger partial charge in [-0.1, -0.05) is 30.7 Å². The molecule has 2 rings (SSSR count). The summed E-state index contributed by atoms with van der Waals surface area (Å²) in [5.41, 5.74) is 0.933. The Balaban J connectivity index is 1.61. The average Bonchev–Trinajstić information content (AvgIpc) is 2.60. The first-order chi connectivity index (χ1) is 11.6. The number of nitrogens with one attached hydrogen (secondary N) is 2. The summed E-state index contributed by atoms with van der Waals surface area (Å²) in [5.74, 6) is 0.0981. The van der Waals surface area contributed by atoms with Crippen LogP contribution in [-0.4, -0.2) is 61.0 Å². The van der Waals surface area contributed by atoms with E-state index in [1.54, 1.807) is 12.1 Å². The van der Waals surface area contributed by atoms with E-state index in [4.69, 9.17) is 11.6 Å². The first kappa shape index (κ1) is 18.5. The molecule has 0 unspecified atom stereocenters. The molecule has 1 fully saturated rings. The number of likely N-dealkylation sites (N-methyl/N-ethyl adjacent to an activating group) is 1. The molecule has 1 heterocycles. The molecular formula is C17H25ClN4O2. The Morgan fingerprint density at radius 2 is 1.92 bits per heavy atom. The molecule has 0 radical (unpaired) electrons. The van der Waals surface area contributed by atoms with Crippen LogP contribution in [0.25, 0.3) is 0 Å². The molecule has 2 N–H and O–H groups in total. The number of carbonyl (C=O) groups excluding carboxylic acids is 2. The lowest BCUT2D eigenvalue weighted by Gasteiger charge is -2.34. The molecule has 0 aliphatic carbocycles. The normalized spacial score (nSPS) is 15.2. The van der Waals surface area contributed by atoms with E-state index in [0.717, 1.165) is 38.3 Å². The number of halogens is 1. The number of hydrogen-bond donors (Lipinski definition) is 2. The van der Waals surface area contributed by atoms with Gasteiger partial charge in [-0.05, 0) is 24.2 Å². The highest BCUT2D eigenvalue weighted by Crippen LogP contribution is 2.10. The van der Waals surface area contributed by atoms with E-state index in [0.29, 0.717) is 24.5 Å². The van der Waals surface area contributed by atoms with Crippen LogP contribution < -0.4 is 10.6 Å². The largest absolute Gasteiger partial charge is 0.340 e. The predicted octanol–water partition coefficient (Wildman–Crippen LogP) is 1.69. The Bertz CT molecular complexity index is 559. The van der Waals surface area contributed by atoms with Gasteiger partial charge < -0.3 is 20.4 Å². The van der Waals surface area contributed by atoms with Gasteiger partial charge in [-0.15, -0.1) is 0 Å². The van der Waals surface area contributed by atoms with E-state index in [1.807, 2.05) is 17.0 Å². The highest BCUT2D eigenvalue weighted by molar-refractivity contribution is 6.30. The van der Waals surface area contributed by atoms with Gasteiger partial charge in [-0.3, -0.25) is 4.79 Å². The van der Waals surface area contributed by atoms with Crippen molar-refractivity contribution in [3.63, 3.8) is 0 Å². The second-order valence-electron chi connectivity index (χ2n) is 5.80. The first-order valence-electron chi connectivity index (χ1n) is 8.34. The average molecular weight is 353 g/mol. The Kier molecular flexibility index (Phi) is 7.34. The second-order valence-corrected chi connectivity index (χ2v) is 6.24. The first-order valence-corrected chi connectivity index (χ1v) is 8.72. The topological polar surface area (TPSA) is 64.7 Å². The number of benzene rings is 1. The number of rotatable bonds is 6. The van der Waals surface area contributed by atoms with E-state index in [2.05, 4.69) is 22.5 Å². The Hall–Kier alpha value is -1.79. The summed E-state index contributed by atoms with van der Waals surface area (Å²) in [4.78, 5) is 28.1. The lowest BCUT2D eigenvalue weighted by atomic mass is 10.2. The monoisotopic (exact) mass is 352 g/mol. The lowest BCUT2D eigenvalue weighted by Crippen LogP contribution is -2.49. The molecule has 0 saturated carbocycles. The van der Waals surface area contributed by atoms with Crippen molar-refractivity contribution < 1.29 is 9.59 Å². The maximum atomic E-state index is 12.1. The van der Waals surface area contributed by atoms with Crippen molar-refractivity contribution >= 4 is 23.5 Å². The molecule has 1 aliphatic heterocycles. The van der Waals surface area contributed by atoms with E-state index < -0.39 is 0 Å². The molecule has 1 aromatic rings. The van der Waals surface area contributed by atoms with Crippen LogP contribution in [0.4, 0.5) is 4.79 Å². The zero-order valence-corrected chi connectivity index (χ0v) is 14.8. The minimum absolute atomic E-state index is 0.0981. The molecule has 1 saturated heterocycles. The van der Waals surface area contributed by atoms with Gasteiger partial charge in [0.15, 0.2) is 0 Å². The fourth-order valence-corrected chi connectivity index (χ4v) is 2.86. The minimum atomic E-state index is -0.279. The van der Waals surface area contributed by atoms with Crippen LogP contribution in [0.5, 0.6) is 0 Å².